The molecule has 1 aliphatic rings. The van der Waals surface area contributed by atoms with Gasteiger partial charge in [0.1, 0.15) is 11.2 Å². The molecule has 0 saturated carbocycles. The van der Waals surface area contributed by atoms with Crippen LogP contribution in [0.4, 0.5) is 4.39 Å². The molecule has 1 atom stereocenters. The summed E-state index contributed by atoms with van der Waals surface area (Å²) in [4.78, 5) is 27.9. The predicted octanol–water partition coefficient (Wildman–Crippen LogP) is 3.56. The lowest BCUT2D eigenvalue weighted by Gasteiger charge is -2.41. The average Bonchev–Trinajstić information content (AvgIpc) is 2.97. The molecule has 1 N–H and O–H groups in total. The standard InChI is InChI=1S/C21H22ClFN4O3/c1-11-9-25(21(2,3)4)20(30)17-18(28)16-15(27(11)17)8-24-26(19(16)29)10-12-5-6-14(23)13(22)7-12/h5-8,11,28H,9-10H2,1-4H3/t11-/m0/s1. The van der Waals surface area contributed by atoms with Crippen LogP contribution in [0.15, 0.2) is 29.2 Å². The van der Waals surface area contributed by atoms with Gasteiger partial charge in [0.25, 0.3) is 11.5 Å². The molecule has 0 unspecified atom stereocenters. The van der Waals surface area contributed by atoms with E-state index in [9.17, 15) is 19.1 Å². The number of benzene rings is 1. The van der Waals surface area contributed by atoms with Crippen LogP contribution >= 0.6 is 11.6 Å². The minimum absolute atomic E-state index is 0.0455. The molecule has 7 nitrogen and oxygen atoms in total. The number of carbonyl (C=O) groups excluding carboxylic acids is 1. The van der Waals surface area contributed by atoms with Gasteiger partial charge in [-0.25, -0.2) is 9.07 Å². The Kier molecular flexibility index (Phi) is 4.65. The van der Waals surface area contributed by atoms with Crippen molar-refractivity contribution in [2.24, 2.45) is 0 Å². The minimum atomic E-state index is -0.551. The summed E-state index contributed by atoms with van der Waals surface area (Å²) in [6, 6.07) is 4.01. The van der Waals surface area contributed by atoms with E-state index >= 15 is 0 Å². The summed E-state index contributed by atoms with van der Waals surface area (Å²) in [5.74, 6) is -1.22. The lowest BCUT2D eigenvalue weighted by atomic mass is 10.0. The normalized spacial score (nSPS) is 16.9. The van der Waals surface area contributed by atoms with E-state index in [0.717, 1.165) is 4.68 Å². The topological polar surface area (TPSA) is 80.4 Å². The highest BCUT2D eigenvalue weighted by molar-refractivity contribution is 6.30. The van der Waals surface area contributed by atoms with Crippen molar-refractivity contribution >= 4 is 28.4 Å². The van der Waals surface area contributed by atoms with Crippen LogP contribution in [0, 0.1) is 5.82 Å². The third kappa shape index (κ3) is 3.06. The average molecular weight is 433 g/mol. The zero-order valence-electron chi connectivity index (χ0n) is 17.1. The van der Waals surface area contributed by atoms with Gasteiger partial charge in [-0.05, 0) is 45.4 Å². The van der Waals surface area contributed by atoms with Gasteiger partial charge in [0.05, 0.1) is 23.3 Å². The fourth-order valence-corrected chi connectivity index (χ4v) is 4.16. The molecule has 1 amide bonds. The van der Waals surface area contributed by atoms with E-state index in [-0.39, 0.29) is 40.3 Å². The number of hydrogen-bond donors (Lipinski definition) is 1. The number of carbonyl (C=O) groups is 1. The van der Waals surface area contributed by atoms with Crippen LogP contribution in [-0.4, -0.2) is 42.3 Å². The Labute approximate surface area is 177 Å². The lowest BCUT2D eigenvalue weighted by Crippen LogP contribution is -2.51. The number of nitrogens with zero attached hydrogens (tertiary/aromatic N) is 4. The molecule has 4 rings (SSSR count). The zero-order chi connectivity index (χ0) is 22.0. The first-order valence-corrected chi connectivity index (χ1v) is 9.97. The first kappa shape index (κ1) is 20.4. The van der Waals surface area contributed by atoms with Gasteiger partial charge in [-0.3, -0.25) is 9.59 Å². The summed E-state index contributed by atoms with van der Waals surface area (Å²) in [5.41, 5.74) is 0.132. The molecule has 2 aromatic heterocycles. The highest BCUT2D eigenvalue weighted by Crippen LogP contribution is 2.38. The van der Waals surface area contributed by atoms with E-state index < -0.39 is 16.9 Å². The van der Waals surface area contributed by atoms with Gasteiger partial charge < -0.3 is 14.6 Å². The predicted molar refractivity (Wildman–Crippen MR) is 112 cm³/mol. The summed E-state index contributed by atoms with van der Waals surface area (Å²) in [6.45, 7) is 8.21. The summed E-state index contributed by atoms with van der Waals surface area (Å²) < 4.78 is 16.3. The number of rotatable bonds is 2. The van der Waals surface area contributed by atoms with Crippen molar-refractivity contribution in [2.45, 2.75) is 45.8 Å². The molecule has 0 fully saturated rings. The molecular weight excluding hydrogens is 411 g/mol. The highest BCUT2D eigenvalue weighted by atomic mass is 35.5. The Bertz CT molecular complexity index is 1240. The lowest BCUT2D eigenvalue weighted by molar-refractivity contribution is 0.0472. The van der Waals surface area contributed by atoms with Gasteiger partial charge in [0, 0.05) is 18.1 Å². The Morgan fingerprint density at radius 3 is 2.63 bits per heavy atom. The Balaban J connectivity index is 1.86. The van der Waals surface area contributed by atoms with Gasteiger partial charge in [0.15, 0.2) is 11.4 Å². The number of halogens is 2. The van der Waals surface area contributed by atoms with Gasteiger partial charge >= 0.3 is 0 Å². The minimum Gasteiger partial charge on any atom is -0.505 e. The molecule has 3 aromatic rings. The van der Waals surface area contributed by atoms with Crippen LogP contribution in [0.2, 0.25) is 5.02 Å². The number of aromatic hydroxyl groups is 1. The summed E-state index contributed by atoms with van der Waals surface area (Å²) in [5, 5.41) is 15.1. The van der Waals surface area contributed by atoms with Crippen molar-refractivity contribution in [3.63, 3.8) is 0 Å². The van der Waals surface area contributed by atoms with Crippen molar-refractivity contribution in [3.05, 3.63) is 56.8 Å². The quantitative estimate of drug-likeness (QED) is 0.671. The van der Waals surface area contributed by atoms with Crippen LogP contribution < -0.4 is 5.56 Å². The van der Waals surface area contributed by atoms with Gasteiger partial charge in [-0.15, -0.1) is 0 Å². The first-order chi connectivity index (χ1) is 14.0. The van der Waals surface area contributed by atoms with Gasteiger partial charge in [-0.2, -0.15) is 5.10 Å². The van der Waals surface area contributed by atoms with Gasteiger partial charge in [-0.1, -0.05) is 17.7 Å². The smallest absolute Gasteiger partial charge is 0.280 e. The fourth-order valence-electron chi connectivity index (χ4n) is 3.96. The molecule has 3 heterocycles. The van der Waals surface area contributed by atoms with Crippen LogP contribution in [0.5, 0.6) is 5.75 Å². The Morgan fingerprint density at radius 2 is 2.00 bits per heavy atom. The van der Waals surface area contributed by atoms with Crippen LogP contribution in [0.1, 0.15) is 49.8 Å². The maximum Gasteiger partial charge on any atom is 0.280 e. The number of amides is 1. The third-order valence-corrected chi connectivity index (χ3v) is 5.74. The van der Waals surface area contributed by atoms with Crippen molar-refractivity contribution in [2.75, 3.05) is 6.54 Å². The maximum absolute atomic E-state index is 13.4. The van der Waals surface area contributed by atoms with E-state index in [1.165, 1.54) is 24.4 Å². The molecule has 158 valence electrons. The van der Waals surface area contributed by atoms with Crippen molar-refractivity contribution < 1.29 is 14.3 Å². The number of aromatic nitrogens is 3. The van der Waals surface area contributed by atoms with Crippen molar-refractivity contribution in [3.8, 4) is 5.75 Å². The Morgan fingerprint density at radius 1 is 1.30 bits per heavy atom. The maximum atomic E-state index is 13.4. The fraction of sp³-hybridized carbons (Fsp3) is 0.381. The number of fused-ring (bicyclic) bond motifs is 3. The largest absolute Gasteiger partial charge is 0.505 e. The SMILES string of the molecule is C[C@H]1CN(C(C)(C)C)C(=O)c2c(O)c3c(=O)n(Cc4ccc(F)c(Cl)c4)ncc3n21. The zero-order valence-corrected chi connectivity index (χ0v) is 17.9. The van der Waals surface area contributed by atoms with E-state index in [4.69, 9.17) is 11.6 Å². The van der Waals surface area contributed by atoms with E-state index in [1.54, 1.807) is 9.47 Å². The van der Waals surface area contributed by atoms with Gasteiger partial charge in [0.2, 0.25) is 0 Å². The van der Waals surface area contributed by atoms with Crippen LogP contribution in [0.3, 0.4) is 0 Å². The highest BCUT2D eigenvalue weighted by Gasteiger charge is 2.39. The number of hydrogen-bond acceptors (Lipinski definition) is 4. The second kappa shape index (κ2) is 6.84. The summed E-state index contributed by atoms with van der Waals surface area (Å²) in [6.07, 6.45) is 1.47. The van der Waals surface area contributed by atoms with Crippen molar-refractivity contribution in [1.29, 1.82) is 0 Å². The molecular formula is C21H22ClFN4O3. The molecule has 0 bridgehead atoms. The summed E-state index contributed by atoms with van der Waals surface area (Å²) in [7, 11) is 0. The third-order valence-electron chi connectivity index (χ3n) is 5.45. The van der Waals surface area contributed by atoms with E-state index in [0.29, 0.717) is 17.6 Å². The van der Waals surface area contributed by atoms with Crippen molar-refractivity contribution in [1.82, 2.24) is 19.2 Å². The van der Waals surface area contributed by atoms with E-state index in [2.05, 4.69) is 5.10 Å². The molecule has 0 radical (unpaired) electrons. The monoisotopic (exact) mass is 432 g/mol. The molecule has 0 saturated heterocycles. The molecule has 30 heavy (non-hydrogen) atoms. The first-order valence-electron chi connectivity index (χ1n) is 9.59. The molecule has 0 aliphatic carbocycles. The molecule has 0 spiro atoms. The molecule has 1 aliphatic heterocycles. The second-order valence-corrected chi connectivity index (χ2v) is 9.03. The van der Waals surface area contributed by atoms with E-state index in [1.807, 2.05) is 27.7 Å². The Hall–Kier alpha value is -2.87. The molecule has 1 aromatic carbocycles. The van der Waals surface area contributed by atoms with Crippen LogP contribution in [0.25, 0.3) is 10.9 Å². The second-order valence-electron chi connectivity index (χ2n) is 8.62. The molecule has 9 heteroatoms. The van der Waals surface area contributed by atoms with Crippen LogP contribution in [-0.2, 0) is 6.54 Å². The summed E-state index contributed by atoms with van der Waals surface area (Å²) >= 11 is 5.82.